The number of carbonyl (C=O) groups excluding carboxylic acids is 1. The van der Waals surface area contributed by atoms with Gasteiger partial charge in [-0.1, -0.05) is 12.1 Å². The van der Waals surface area contributed by atoms with Crippen LogP contribution in [0.1, 0.15) is 19.4 Å². The van der Waals surface area contributed by atoms with Gasteiger partial charge in [-0.25, -0.2) is 8.42 Å². The molecule has 1 N–H and O–H groups in total. The van der Waals surface area contributed by atoms with Crippen molar-refractivity contribution in [3.8, 4) is 6.07 Å². The van der Waals surface area contributed by atoms with Crippen molar-refractivity contribution in [2.75, 3.05) is 12.4 Å². The van der Waals surface area contributed by atoms with Crippen molar-refractivity contribution in [2.45, 2.75) is 31.3 Å². The second-order valence-electron chi connectivity index (χ2n) is 7.32. The molecule has 3 rings (SSSR count). The van der Waals surface area contributed by atoms with E-state index in [1.807, 2.05) is 6.07 Å². The van der Waals surface area contributed by atoms with E-state index in [1.54, 1.807) is 42.7 Å². The molecule has 0 radical (unpaired) electrons. The van der Waals surface area contributed by atoms with Crippen molar-refractivity contribution >= 4 is 32.5 Å². The number of aromatic nitrogens is 1. The number of rotatable bonds is 6. The summed E-state index contributed by atoms with van der Waals surface area (Å²) in [6.45, 7) is 3.45. The Kier molecular flexibility index (Phi) is 6.24. The second-order valence-corrected chi connectivity index (χ2v) is 9.31. The van der Waals surface area contributed by atoms with Gasteiger partial charge in [0.15, 0.2) is 0 Å². The van der Waals surface area contributed by atoms with Crippen molar-refractivity contribution in [3.05, 3.63) is 70.5 Å². The van der Waals surface area contributed by atoms with Crippen LogP contribution in [0.25, 0.3) is 10.9 Å². The lowest BCUT2D eigenvalue weighted by atomic mass is 10.1. The molecule has 8 nitrogen and oxygen atoms in total. The van der Waals surface area contributed by atoms with Gasteiger partial charge in [0, 0.05) is 30.4 Å². The largest absolute Gasteiger partial charge is 0.336 e. The highest BCUT2D eigenvalue weighted by molar-refractivity contribution is 7.89. The number of amides is 1. The van der Waals surface area contributed by atoms with E-state index in [9.17, 15) is 23.3 Å². The van der Waals surface area contributed by atoms with Crippen LogP contribution in [0.15, 0.2) is 64.4 Å². The van der Waals surface area contributed by atoms with E-state index in [0.29, 0.717) is 16.6 Å². The highest BCUT2D eigenvalue weighted by Gasteiger charge is 2.22. The Morgan fingerprint density at radius 3 is 2.42 bits per heavy atom. The SMILES string of the molecule is CC(C)N(C)S(=O)(=O)c1ccc(NC(=O)Cn2cc(C#N)c(=O)c3ccccc32)cc1. The molecule has 3 aromatic rings. The van der Waals surface area contributed by atoms with Gasteiger partial charge >= 0.3 is 0 Å². The van der Waals surface area contributed by atoms with Crippen LogP contribution in [0.3, 0.4) is 0 Å². The molecular formula is C22H22N4O4S. The number of anilines is 1. The summed E-state index contributed by atoms with van der Waals surface area (Å²) in [5.41, 5.74) is 0.551. The number of para-hydroxylation sites is 1. The van der Waals surface area contributed by atoms with E-state index in [1.165, 1.54) is 41.8 Å². The standard InChI is InChI=1S/C22H22N4O4S/c1-15(2)25(3)31(29,30)18-10-8-17(9-11-18)24-21(27)14-26-13-16(12-23)22(28)19-6-4-5-7-20(19)26/h4-11,13,15H,14H2,1-3H3,(H,24,27). The van der Waals surface area contributed by atoms with Gasteiger partial charge in [0.05, 0.1) is 10.4 Å². The van der Waals surface area contributed by atoms with Crippen LogP contribution in [0, 0.1) is 11.3 Å². The lowest BCUT2D eigenvalue weighted by molar-refractivity contribution is -0.116. The molecule has 0 aliphatic rings. The molecule has 0 bridgehead atoms. The Hall–Kier alpha value is -3.48. The van der Waals surface area contributed by atoms with E-state index < -0.39 is 10.0 Å². The first kappa shape index (κ1) is 22.2. The summed E-state index contributed by atoms with van der Waals surface area (Å²) in [4.78, 5) is 25.0. The molecule has 1 amide bonds. The first-order chi connectivity index (χ1) is 14.6. The van der Waals surface area contributed by atoms with Crippen molar-refractivity contribution in [3.63, 3.8) is 0 Å². The molecule has 0 saturated carbocycles. The molecule has 1 heterocycles. The van der Waals surface area contributed by atoms with E-state index >= 15 is 0 Å². The molecule has 31 heavy (non-hydrogen) atoms. The lowest BCUT2D eigenvalue weighted by Gasteiger charge is -2.21. The molecule has 0 fully saturated rings. The van der Waals surface area contributed by atoms with Crippen molar-refractivity contribution < 1.29 is 13.2 Å². The number of fused-ring (bicyclic) bond motifs is 1. The molecule has 0 spiro atoms. The zero-order valence-electron chi connectivity index (χ0n) is 17.4. The minimum Gasteiger partial charge on any atom is -0.336 e. The number of carbonyl (C=O) groups is 1. The van der Waals surface area contributed by atoms with Crippen LogP contribution in [-0.2, 0) is 21.4 Å². The fourth-order valence-corrected chi connectivity index (χ4v) is 4.43. The number of benzene rings is 2. The van der Waals surface area contributed by atoms with Crippen molar-refractivity contribution in [1.82, 2.24) is 8.87 Å². The number of sulfonamides is 1. The van der Waals surface area contributed by atoms with Gasteiger partial charge in [-0.15, -0.1) is 0 Å². The number of nitrogens with zero attached hydrogens (tertiary/aromatic N) is 3. The van der Waals surface area contributed by atoms with E-state index in [0.717, 1.165) is 0 Å². The third-order valence-electron chi connectivity index (χ3n) is 4.96. The smallest absolute Gasteiger partial charge is 0.244 e. The number of nitriles is 1. The van der Waals surface area contributed by atoms with Gasteiger partial charge in [0.2, 0.25) is 21.4 Å². The monoisotopic (exact) mass is 438 g/mol. The summed E-state index contributed by atoms with van der Waals surface area (Å²) in [6, 6.07) is 14.3. The summed E-state index contributed by atoms with van der Waals surface area (Å²) in [5, 5.41) is 12.3. The Labute approximate surface area is 180 Å². The van der Waals surface area contributed by atoms with Crippen LogP contribution in [0.5, 0.6) is 0 Å². The minimum absolute atomic E-state index is 0.0460. The van der Waals surface area contributed by atoms with Gasteiger partial charge in [-0.05, 0) is 50.2 Å². The quantitative estimate of drug-likeness (QED) is 0.636. The predicted molar refractivity (Wildman–Crippen MR) is 118 cm³/mol. The average molecular weight is 439 g/mol. The fraction of sp³-hybridized carbons (Fsp3) is 0.227. The maximum absolute atomic E-state index is 12.6. The van der Waals surface area contributed by atoms with Gasteiger partial charge < -0.3 is 9.88 Å². The Balaban J connectivity index is 1.82. The highest BCUT2D eigenvalue weighted by Crippen LogP contribution is 2.19. The topological polar surface area (TPSA) is 112 Å². The molecule has 160 valence electrons. The third-order valence-corrected chi connectivity index (χ3v) is 7.01. The maximum atomic E-state index is 12.6. The third kappa shape index (κ3) is 4.50. The molecule has 9 heteroatoms. The average Bonchev–Trinajstić information content (AvgIpc) is 2.75. The van der Waals surface area contributed by atoms with Crippen LogP contribution < -0.4 is 10.7 Å². The molecule has 2 aromatic carbocycles. The molecule has 0 unspecified atom stereocenters. The summed E-state index contributed by atoms with van der Waals surface area (Å²) in [7, 11) is -2.10. The number of hydrogen-bond donors (Lipinski definition) is 1. The second kappa shape index (κ2) is 8.71. The Morgan fingerprint density at radius 1 is 1.16 bits per heavy atom. The molecule has 0 atom stereocenters. The van der Waals surface area contributed by atoms with Crippen LogP contribution in [-0.4, -0.2) is 36.3 Å². The highest BCUT2D eigenvalue weighted by atomic mass is 32.2. The van der Waals surface area contributed by atoms with Gasteiger partial charge in [-0.2, -0.15) is 9.57 Å². The summed E-state index contributed by atoms with van der Waals surface area (Å²) < 4.78 is 27.9. The van der Waals surface area contributed by atoms with E-state index in [4.69, 9.17) is 0 Å². The first-order valence-corrected chi connectivity index (χ1v) is 11.0. The summed E-state index contributed by atoms with van der Waals surface area (Å²) in [6.07, 6.45) is 1.36. The van der Waals surface area contributed by atoms with Crippen LogP contribution in [0.4, 0.5) is 5.69 Å². The number of pyridine rings is 1. The Bertz CT molecular complexity index is 1340. The lowest BCUT2D eigenvalue weighted by Crippen LogP contribution is -2.33. The normalized spacial score (nSPS) is 11.6. The minimum atomic E-state index is -3.61. The molecule has 0 saturated heterocycles. The number of nitrogens with one attached hydrogen (secondary N) is 1. The van der Waals surface area contributed by atoms with Gasteiger partial charge in [0.25, 0.3) is 0 Å². The zero-order chi connectivity index (χ0) is 22.8. The molecule has 0 aliphatic heterocycles. The van der Waals surface area contributed by atoms with Crippen molar-refractivity contribution in [2.24, 2.45) is 0 Å². The van der Waals surface area contributed by atoms with Crippen LogP contribution >= 0.6 is 0 Å². The predicted octanol–water partition coefficient (Wildman–Crippen LogP) is 2.54. The van der Waals surface area contributed by atoms with Gasteiger partial charge in [-0.3, -0.25) is 9.59 Å². The zero-order valence-corrected chi connectivity index (χ0v) is 18.2. The molecular weight excluding hydrogens is 416 g/mol. The maximum Gasteiger partial charge on any atom is 0.244 e. The van der Waals surface area contributed by atoms with Crippen LogP contribution in [0.2, 0.25) is 0 Å². The summed E-state index contributed by atoms with van der Waals surface area (Å²) >= 11 is 0. The van der Waals surface area contributed by atoms with E-state index in [-0.39, 0.29) is 34.4 Å². The molecule has 0 aliphatic carbocycles. The fourth-order valence-electron chi connectivity index (χ4n) is 3.06. The first-order valence-electron chi connectivity index (χ1n) is 9.55. The number of hydrogen-bond acceptors (Lipinski definition) is 5. The van der Waals surface area contributed by atoms with E-state index in [2.05, 4.69) is 5.32 Å². The summed E-state index contributed by atoms with van der Waals surface area (Å²) in [5.74, 6) is -0.382. The van der Waals surface area contributed by atoms with Crippen molar-refractivity contribution in [1.29, 1.82) is 5.26 Å². The Morgan fingerprint density at radius 2 is 1.81 bits per heavy atom. The van der Waals surface area contributed by atoms with Gasteiger partial charge in [0.1, 0.15) is 18.2 Å². The molecule has 1 aromatic heterocycles.